The lowest BCUT2D eigenvalue weighted by atomic mass is 10.2. The first-order valence-electron chi connectivity index (χ1n) is 5.37. The van der Waals surface area contributed by atoms with Crippen molar-refractivity contribution in [2.45, 2.75) is 12.5 Å². The first-order valence-corrected chi connectivity index (χ1v) is 5.37. The zero-order chi connectivity index (χ0) is 12.4. The second-order valence-corrected chi connectivity index (χ2v) is 4.04. The molecule has 3 nitrogen and oxygen atoms in total. The minimum Gasteiger partial charge on any atom is -0.380 e. The SMILES string of the molecule is COC1CCN(c2c(F)cc(C=O)cc2F)C1. The molecule has 1 heterocycles. The number of anilines is 1. The van der Waals surface area contributed by atoms with Gasteiger partial charge in [-0.2, -0.15) is 0 Å². The maximum absolute atomic E-state index is 13.7. The highest BCUT2D eigenvalue weighted by atomic mass is 19.1. The van der Waals surface area contributed by atoms with Gasteiger partial charge in [-0.15, -0.1) is 0 Å². The number of ether oxygens (including phenoxy) is 1. The van der Waals surface area contributed by atoms with Crippen molar-refractivity contribution in [2.24, 2.45) is 0 Å². The summed E-state index contributed by atoms with van der Waals surface area (Å²) >= 11 is 0. The molecule has 0 bridgehead atoms. The van der Waals surface area contributed by atoms with Gasteiger partial charge >= 0.3 is 0 Å². The monoisotopic (exact) mass is 241 g/mol. The summed E-state index contributed by atoms with van der Waals surface area (Å²) in [5.41, 5.74) is -0.0682. The Balaban J connectivity index is 2.30. The largest absolute Gasteiger partial charge is 0.380 e. The van der Waals surface area contributed by atoms with Gasteiger partial charge in [0, 0.05) is 25.8 Å². The van der Waals surface area contributed by atoms with Gasteiger partial charge in [-0.1, -0.05) is 0 Å². The van der Waals surface area contributed by atoms with Crippen molar-refractivity contribution in [3.8, 4) is 0 Å². The first-order chi connectivity index (χ1) is 8.15. The molecule has 0 saturated carbocycles. The number of aldehydes is 1. The fourth-order valence-electron chi connectivity index (χ4n) is 2.08. The molecule has 0 aliphatic carbocycles. The zero-order valence-electron chi connectivity index (χ0n) is 9.45. The molecule has 1 aromatic carbocycles. The minimum atomic E-state index is -0.705. The number of rotatable bonds is 3. The summed E-state index contributed by atoms with van der Waals surface area (Å²) in [6.07, 6.45) is 1.17. The van der Waals surface area contributed by atoms with Gasteiger partial charge in [0.2, 0.25) is 0 Å². The smallest absolute Gasteiger partial charge is 0.150 e. The summed E-state index contributed by atoms with van der Waals surface area (Å²) in [5, 5.41) is 0. The Kier molecular flexibility index (Phi) is 3.38. The van der Waals surface area contributed by atoms with Gasteiger partial charge < -0.3 is 9.64 Å². The maximum Gasteiger partial charge on any atom is 0.150 e. The molecule has 0 spiro atoms. The van der Waals surface area contributed by atoms with Crippen molar-refractivity contribution >= 4 is 12.0 Å². The zero-order valence-corrected chi connectivity index (χ0v) is 9.45. The van der Waals surface area contributed by atoms with E-state index in [1.165, 1.54) is 0 Å². The number of carbonyl (C=O) groups is 1. The van der Waals surface area contributed by atoms with Crippen molar-refractivity contribution in [3.05, 3.63) is 29.3 Å². The van der Waals surface area contributed by atoms with Crippen LogP contribution in [0.5, 0.6) is 0 Å². The molecule has 1 unspecified atom stereocenters. The summed E-state index contributed by atoms with van der Waals surface area (Å²) in [6, 6.07) is 2.09. The third-order valence-electron chi connectivity index (χ3n) is 2.97. The molecule has 5 heteroatoms. The van der Waals surface area contributed by atoms with Crippen LogP contribution < -0.4 is 4.90 Å². The molecule has 1 fully saturated rings. The fourth-order valence-corrected chi connectivity index (χ4v) is 2.08. The lowest BCUT2D eigenvalue weighted by molar-refractivity contribution is 0.112. The second-order valence-electron chi connectivity index (χ2n) is 4.04. The third-order valence-corrected chi connectivity index (χ3v) is 2.97. The van der Waals surface area contributed by atoms with Crippen molar-refractivity contribution in [3.63, 3.8) is 0 Å². The lowest BCUT2D eigenvalue weighted by Crippen LogP contribution is -2.24. The Bertz CT molecular complexity index is 414. The molecule has 92 valence electrons. The van der Waals surface area contributed by atoms with Gasteiger partial charge in [0.1, 0.15) is 23.6 Å². The van der Waals surface area contributed by atoms with Gasteiger partial charge in [-0.25, -0.2) is 8.78 Å². The van der Waals surface area contributed by atoms with E-state index in [2.05, 4.69) is 0 Å². The summed E-state index contributed by atoms with van der Waals surface area (Å²) in [7, 11) is 1.58. The number of methoxy groups -OCH3 is 1. The molecule has 0 N–H and O–H groups in total. The molecular formula is C12H13F2NO2. The highest BCUT2D eigenvalue weighted by Crippen LogP contribution is 2.28. The van der Waals surface area contributed by atoms with Gasteiger partial charge in [-0.05, 0) is 18.6 Å². The Hall–Kier alpha value is -1.49. The summed E-state index contributed by atoms with van der Waals surface area (Å²) < 4.78 is 32.5. The Morgan fingerprint density at radius 1 is 1.41 bits per heavy atom. The van der Waals surface area contributed by atoms with E-state index in [4.69, 9.17) is 4.74 Å². The maximum atomic E-state index is 13.7. The van der Waals surface area contributed by atoms with E-state index in [0.29, 0.717) is 19.4 Å². The topological polar surface area (TPSA) is 29.5 Å². The van der Waals surface area contributed by atoms with Crippen LogP contribution >= 0.6 is 0 Å². The van der Waals surface area contributed by atoms with Crippen LogP contribution in [0, 0.1) is 11.6 Å². The van der Waals surface area contributed by atoms with Gasteiger partial charge in [0.05, 0.1) is 6.10 Å². The molecule has 0 amide bonds. The average molecular weight is 241 g/mol. The highest BCUT2D eigenvalue weighted by molar-refractivity contribution is 5.76. The fraction of sp³-hybridized carbons (Fsp3) is 0.417. The van der Waals surface area contributed by atoms with Crippen LogP contribution in [0.4, 0.5) is 14.5 Å². The van der Waals surface area contributed by atoms with Crippen LogP contribution in [0.3, 0.4) is 0 Å². The molecule has 17 heavy (non-hydrogen) atoms. The van der Waals surface area contributed by atoms with Crippen LogP contribution in [-0.4, -0.2) is 32.6 Å². The van der Waals surface area contributed by atoms with Crippen LogP contribution in [0.15, 0.2) is 12.1 Å². The van der Waals surface area contributed by atoms with Crippen LogP contribution in [-0.2, 0) is 4.74 Å². The number of carbonyl (C=O) groups excluding carboxylic acids is 1. The molecular weight excluding hydrogens is 228 g/mol. The number of benzene rings is 1. The molecule has 1 saturated heterocycles. The Morgan fingerprint density at radius 2 is 2.06 bits per heavy atom. The summed E-state index contributed by atoms with van der Waals surface area (Å²) in [4.78, 5) is 12.1. The number of hydrogen-bond donors (Lipinski definition) is 0. The molecule has 1 aliphatic rings. The van der Waals surface area contributed by atoms with E-state index in [9.17, 15) is 13.6 Å². The Morgan fingerprint density at radius 3 is 2.53 bits per heavy atom. The Labute approximate surface area is 98.0 Å². The minimum absolute atomic E-state index is 0.000419. The van der Waals surface area contributed by atoms with E-state index in [1.54, 1.807) is 12.0 Å². The number of nitrogens with zero attached hydrogens (tertiary/aromatic N) is 1. The van der Waals surface area contributed by atoms with E-state index in [1.807, 2.05) is 0 Å². The van der Waals surface area contributed by atoms with Crippen molar-refractivity contribution in [1.29, 1.82) is 0 Å². The standard InChI is InChI=1S/C12H13F2NO2/c1-17-9-2-3-15(6-9)12-10(13)4-8(7-16)5-11(12)14/h4-5,7,9H,2-3,6H2,1H3. The molecule has 1 aliphatic heterocycles. The van der Waals surface area contributed by atoms with Crippen molar-refractivity contribution < 1.29 is 18.3 Å². The normalized spacial score (nSPS) is 19.7. The first kappa shape index (κ1) is 12.0. The van der Waals surface area contributed by atoms with E-state index < -0.39 is 11.6 Å². The molecule has 0 aromatic heterocycles. The summed E-state index contributed by atoms with van der Waals surface area (Å²) in [6.45, 7) is 1.01. The molecule has 0 radical (unpaired) electrons. The average Bonchev–Trinajstić information content (AvgIpc) is 2.76. The van der Waals surface area contributed by atoms with Crippen LogP contribution in [0.2, 0.25) is 0 Å². The van der Waals surface area contributed by atoms with E-state index in [-0.39, 0.29) is 17.4 Å². The lowest BCUT2D eigenvalue weighted by Gasteiger charge is -2.19. The number of halogens is 2. The summed E-state index contributed by atoms with van der Waals surface area (Å²) in [5.74, 6) is -1.41. The van der Waals surface area contributed by atoms with Crippen molar-refractivity contribution in [1.82, 2.24) is 0 Å². The predicted molar refractivity (Wildman–Crippen MR) is 59.4 cm³/mol. The molecule has 1 atom stereocenters. The van der Waals surface area contributed by atoms with Gasteiger partial charge in [0.15, 0.2) is 0 Å². The van der Waals surface area contributed by atoms with Crippen LogP contribution in [0.25, 0.3) is 0 Å². The predicted octanol–water partition coefficient (Wildman–Crippen LogP) is 2.00. The molecule has 1 aromatic rings. The van der Waals surface area contributed by atoms with E-state index in [0.717, 1.165) is 18.6 Å². The van der Waals surface area contributed by atoms with Gasteiger partial charge in [-0.3, -0.25) is 4.79 Å². The second kappa shape index (κ2) is 4.79. The number of hydrogen-bond acceptors (Lipinski definition) is 3. The highest BCUT2D eigenvalue weighted by Gasteiger charge is 2.26. The van der Waals surface area contributed by atoms with E-state index >= 15 is 0 Å². The van der Waals surface area contributed by atoms with Crippen LogP contribution in [0.1, 0.15) is 16.8 Å². The third kappa shape index (κ3) is 2.29. The quantitative estimate of drug-likeness (QED) is 0.758. The van der Waals surface area contributed by atoms with Crippen molar-refractivity contribution in [2.75, 3.05) is 25.1 Å². The molecule has 2 rings (SSSR count). The van der Waals surface area contributed by atoms with Gasteiger partial charge in [0.25, 0.3) is 0 Å².